The second-order valence-corrected chi connectivity index (χ2v) is 5.02. The molecule has 0 aliphatic heterocycles. The normalized spacial score (nSPS) is 11.1. The third-order valence-corrected chi connectivity index (χ3v) is 3.84. The maximum absolute atomic E-state index is 13.2. The molecule has 0 spiro atoms. The van der Waals surface area contributed by atoms with Gasteiger partial charge in [-0.2, -0.15) is 8.78 Å². The second kappa shape index (κ2) is 6.24. The van der Waals surface area contributed by atoms with Crippen LogP contribution >= 0.6 is 27.3 Å². The number of esters is 1. The molecule has 0 aromatic carbocycles. The van der Waals surface area contributed by atoms with Crippen molar-refractivity contribution in [1.29, 1.82) is 0 Å². The smallest absolute Gasteiger partial charge is 0.418 e. The highest BCUT2D eigenvalue weighted by Crippen LogP contribution is 2.23. The van der Waals surface area contributed by atoms with Gasteiger partial charge in [0.25, 0.3) is 0 Å². The topological polar surface area (TPSA) is 55.4 Å². The molecule has 8 heteroatoms. The molecule has 0 saturated heterocycles. The lowest BCUT2D eigenvalue weighted by Crippen LogP contribution is -2.46. The number of carbonyl (C=O) groups is 2. The summed E-state index contributed by atoms with van der Waals surface area (Å²) in [5.74, 6) is -7.67. The number of nitrogens with one attached hydrogen (secondary N) is 1. The van der Waals surface area contributed by atoms with E-state index in [0.29, 0.717) is 9.35 Å². The van der Waals surface area contributed by atoms with Crippen LogP contribution in [0.4, 0.5) is 8.78 Å². The predicted molar refractivity (Wildman–Crippen MR) is 65.4 cm³/mol. The lowest BCUT2D eigenvalue weighted by Gasteiger charge is -2.14. The number of hydrogen-bond acceptors (Lipinski definition) is 4. The summed E-state index contributed by atoms with van der Waals surface area (Å²) in [6.45, 7) is 1.10. The molecule has 0 unspecified atom stereocenters. The predicted octanol–water partition coefficient (Wildman–Crippen LogP) is 2.33. The zero-order valence-electron chi connectivity index (χ0n) is 9.34. The van der Waals surface area contributed by atoms with Crippen LogP contribution in [0.1, 0.15) is 11.8 Å². The molecule has 0 aliphatic carbocycles. The number of hydrogen-bond donors (Lipinski definition) is 1. The van der Waals surface area contributed by atoms with E-state index in [1.54, 1.807) is 11.4 Å². The van der Waals surface area contributed by atoms with Crippen LogP contribution in [0.25, 0.3) is 0 Å². The van der Waals surface area contributed by atoms with Crippen LogP contribution in [0.5, 0.6) is 0 Å². The number of thiophene rings is 1. The first-order valence-corrected chi connectivity index (χ1v) is 6.62. The van der Waals surface area contributed by atoms with Gasteiger partial charge in [0, 0.05) is 9.35 Å². The molecule has 1 rings (SSSR count). The van der Waals surface area contributed by atoms with E-state index in [9.17, 15) is 18.4 Å². The lowest BCUT2D eigenvalue weighted by molar-refractivity contribution is -0.177. The maximum Gasteiger partial charge on any atom is 0.418 e. The zero-order valence-corrected chi connectivity index (χ0v) is 11.7. The van der Waals surface area contributed by atoms with Crippen LogP contribution in [0, 0.1) is 0 Å². The molecule has 0 atom stereocenters. The van der Waals surface area contributed by atoms with Crippen molar-refractivity contribution < 1.29 is 23.1 Å². The molecule has 1 aromatic rings. The summed E-state index contributed by atoms with van der Waals surface area (Å²) < 4.78 is 31.3. The van der Waals surface area contributed by atoms with Gasteiger partial charge in [-0.15, -0.1) is 11.3 Å². The lowest BCUT2D eigenvalue weighted by atomic mass is 10.3. The Balaban J connectivity index is 2.60. The Morgan fingerprint density at radius 2 is 2.22 bits per heavy atom. The largest absolute Gasteiger partial charge is 0.461 e. The highest BCUT2D eigenvalue weighted by atomic mass is 79.9. The third kappa shape index (κ3) is 3.49. The first-order valence-electron chi connectivity index (χ1n) is 4.94. The van der Waals surface area contributed by atoms with Crippen molar-refractivity contribution in [3.8, 4) is 0 Å². The van der Waals surface area contributed by atoms with Crippen LogP contribution in [-0.4, -0.2) is 24.4 Å². The van der Waals surface area contributed by atoms with Gasteiger partial charge < -0.3 is 10.1 Å². The third-order valence-electron chi connectivity index (χ3n) is 1.92. The van der Waals surface area contributed by atoms with Gasteiger partial charge in [-0.3, -0.25) is 4.79 Å². The summed E-state index contributed by atoms with van der Waals surface area (Å²) in [5.41, 5.74) is 0. The van der Waals surface area contributed by atoms with Gasteiger partial charge >= 0.3 is 17.8 Å². The fraction of sp³-hybridized carbons (Fsp3) is 0.400. The Labute approximate surface area is 114 Å². The monoisotopic (exact) mass is 341 g/mol. The van der Waals surface area contributed by atoms with E-state index in [1.165, 1.54) is 18.3 Å². The van der Waals surface area contributed by atoms with Crippen molar-refractivity contribution in [2.75, 3.05) is 6.61 Å². The molecular formula is C10H10BrF2NO3S. The number of halogens is 3. The van der Waals surface area contributed by atoms with Gasteiger partial charge in [0.1, 0.15) is 0 Å². The molecule has 0 aliphatic rings. The molecule has 1 amide bonds. The van der Waals surface area contributed by atoms with Gasteiger partial charge in [-0.05, 0) is 34.3 Å². The molecule has 18 heavy (non-hydrogen) atoms. The Morgan fingerprint density at radius 3 is 2.72 bits per heavy atom. The average Bonchev–Trinajstić information content (AvgIpc) is 2.72. The van der Waals surface area contributed by atoms with Crippen molar-refractivity contribution in [1.82, 2.24) is 5.32 Å². The fourth-order valence-corrected chi connectivity index (χ4v) is 2.47. The Morgan fingerprint density at radius 1 is 1.56 bits per heavy atom. The minimum absolute atomic E-state index is 0.0773. The van der Waals surface area contributed by atoms with E-state index in [0.717, 1.165) is 0 Å². The molecule has 0 saturated carbocycles. The minimum Gasteiger partial charge on any atom is -0.461 e. The van der Waals surface area contributed by atoms with E-state index in [1.807, 2.05) is 5.32 Å². The summed E-state index contributed by atoms with van der Waals surface area (Å²) in [5, 5.41) is 3.74. The van der Waals surface area contributed by atoms with Crippen LogP contribution in [0.3, 0.4) is 0 Å². The maximum atomic E-state index is 13.2. The van der Waals surface area contributed by atoms with Gasteiger partial charge in [0.2, 0.25) is 0 Å². The summed E-state index contributed by atoms with van der Waals surface area (Å²) in [6, 6.07) is 1.73. The van der Waals surface area contributed by atoms with E-state index in [4.69, 9.17) is 0 Å². The van der Waals surface area contributed by atoms with Crippen LogP contribution in [0.15, 0.2) is 15.9 Å². The highest BCUT2D eigenvalue weighted by molar-refractivity contribution is 9.10. The molecule has 0 fully saturated rings. The van der Waals surface area contributed by atoms with Crippen LogP contribution in [0.2, 0.25) is 0 Å². The van der Waals surface area contributed by atoms with Crippen molar-refractivity contribution in [3.05, 3.63) is 20.8 Å². The Bertz CT molecular complexity index is 450. The van der Waals surface area contributed by atoms with E-state index < -0.39 is 17.8 Å². The number of amides is 1. The summed E-state index contributed by atoms with van der Waals surface area (Å²) in [7, 11) is 0. The molecular weight excluding hydrogens is 332 g/mol. The highest BCUT2D eigenvalue weighted by Gasteiger charge is 2.48. The number of carbonyl (C=O) groups excluding carboxylic acids is 2. The second-order valence-electron chi connectivity index (χ2n) is 3.17. The molecule has 1 aromatic heterocycles. The molecule has 100 valence electrons. The Kier molecular flexibility index (Phi) is 5.21. The number of rotatable bonds is 5. The minimum atomic E-state index is -4.17. The van der Waals surface area contributed by atoms with Gasteiger partial charge in [-0.1, -0.05) is 0 Å². The number of ether oxygens (including phenoxy) is 1. The molecule has 4 nitrogen and oxygen atoms in total. The molecule has 0 radical (unpaired) electrons. The zero-order chi connectivity index (χ0) is 13.8. The van der Waals surface area contributed by atoms with Crippen molar-refractivity contribution in [2.24, 2.45) is 0 Å². The summed E-state index contributed by atoms with van der Waals surface area (Å²) in [6.07, 6.45) is 0. The van der Waals surface area contributed by atoms with Crippen LogP contribution < -0.4 is 5.32 Å². The first kappa shape index (κ1) is 15.0. The molecule has 1 heterocycles. The quantitative estimate of drug-likeness (QED) is 0.660. The van der Waals surface area contributed by atoms with E-state index >= 15 is 0 Å². The van der Waals surface area contributed by atoms with Gasteiger partial charge in [0.05, 0.1) is 13.2 Å². The van der Waals surface area contributed by atoms with E-state index in [-0.39, 0.29) is 13.2 Å². The SMILES string of the molecule is CCOC(=O)C(F)(F)C(=O)NCc1sccc1Br. The standard InChI is InChI=1S/C10H10BrF2NO3S/c1-2-17-9(16)10(12,13)8(15)14-5-7-6(11)3-4-18-7/h3-4H,2,5H2,1H3,(H,14,15). The Hall–Kier alpha value is -1.02. The van der Waals surface area contributed by atoms with Crippen molar-refractivity contribution in [3.63, 3.8) is 0 Å². The molecule has 1 N–H and O–H groups in total. The van der Waals surface area contributed by atoms with Crippen molar-refractivity contribution in [2.45, 2.75) is 19.4 Å². The summed E-state index contributed by atoms with van der Waals surface area (Å²) in [4.78, 5) is 22.8. The van der Waals surface area contributed by atoms with Crippen LogP contribution in [-0.2, 0) is 20.9 Å². The fourth-order valence-electron chi connectivity index (χ4n) is 1.04. The van der Waals surface area contributed by atoms with Gasteiger partial charge in [0.15, 0.2) is 0 Å². The summed E-state index contributed by atoms with van der Waals surface area (Å²) >= 11 is 4.50. The van der Waals surface area contributed by atoms with Gasteiger partial charge in [-0.25, -0.2) is 4.79 Å². The number of alkyl halides is 2. The van der Waals surface area contributed by atoms with Crippen molar-refractivity contribution >= 4 is 39.1 Å². The average molecular weight is 342 g/mol. The molecule has 0 bridgehead atoms. The first-order chi connectivity index (χ1) is 8.39. The van der Waals surface area contributed by atoms with E-state index in [2.05, 4.69) is 20.7 Å².